The number of hydrogen-bond acceptors (Lipinski definition) is 5. The number of nitrogens with one attached hydrogen (secondary N) is 1. The van der Waals surface area contributed by atoms with Gasteiger partial charge in [-0.3, -0.25) is 0 Å². The summed E-state index contributed by atoms with van der Waals surface area (Å²) >= 11 is 0. The number of ether oxygens (including phenoxy) is 1. The van der Waals surface area contributed by atoms with Gasteiger partial charge in [0, 0.05) is 19.0 Å². The average Bonchev–Trinajstić information content (AvgIpc) is 2.76. The number of piperidine rings is 1. The maximum Gasteiger partial charge on any atom is 0.410 e. The molecule has 7 heteroatoms. The summed E-state index contributed by atoms with van der Waals surface area (Å²) < 4.78 is 5.35. The smallest absolute Gasteiger partial charge is 0.410 e. The Labute approximate surface area is 105 Å². The first kappa shape index (κ1) is 11.4. The van der Waals surface area contributed by atoms with E-state index in [0.717, 1.165) is 18.9 Å². The average molecular weight is 251 g/mol. The minimum atomic E-state index is -0.434. The first-order valence-electron chi connectivity index (χ1n) is 6.17. The summed E-state index contributed by atoms with van der Waals surface area (Å²) in [4.78, 5) is 13.6. The van der Waals surface area contributed by atoms with Crippen LogP contribution in [0.5, 0.6) is 0 Å². The first-order chi connectivity index (χ1) is 8.46. The van der Waals surface area contributed by atoms with Crippen LogP contribution >= 0.6 is 0 Å². The van der Waals surface area contributed by atoms with Gasteiger partial charge in [0.05, 0.1) is 0 Å². The van der Waals surface area contributed by atoms with Gasteiger partial charge < -0.3 is 9.64 Å². The van der Waals surface area contributed by atoms with Gasteiger partial charge in [-0.05, 0) is 32.6 Å². The van der Waals surface area contributed by atoms with Gasteiger partial charge >= 0.3 is 6.09 Å². The van der Waals surface area contributed by atoms with Crippen molar-refractivity contribution in [2.45, 2.75) is 32.3 Å². The van der Waals surface area contributed by atoms with Crippen molar-refractivity contribution in [1.82, 2.24) is 25.5 Å². The zero-order valence-electron chi connectivity index (χ0n) is 10.8. The molecule has 0 radical (unpaired) electrons. The van der Waals surface area contributed by atoms with Crippen LogP contribution in [0.25, 0.3) is 0 Å². The van der Waals surface area contributed by atoms with Crippen LogP contribution in [0.15, 0.2) is 0 Å². The Morgan fingerprint density at radius 2 is 2.06 bits per heavy atom. The SMILES string of the molecule is CC(C)(C)OC(=O)N1C[C@@H]2[C@H](C1)[C@H]2c1nn[nH]n1. The summed E-state index contributed by atoms with van der Waals surface area (Å²) in [5, 5.41) is 14.1. The van der Waals surface area contributed by atoms with Crippen LogP contribution in [0.1, 0.15) is 32.5 Å². The lowest BCUT2D eigenvalue weighted by molar-refractivity contribution is 0.0270. The molecule has 1 N–H and O–H groups in total. The Balaban J connectivity index is 1.56. The first-order valence-corrected chi connectivity index (χ1v) is 6.17. The van der Waals surface area contributed by atoms with Gasteiger partial charge in [-0.1, -0.05) is 5.21 Å². The molecule has 1 aromatic heterocycles. The maximum atomic E-state index is 11.9. The number of aromatic amines is 1. The zero-order valence-corrected chi connectivity index (χ0v) is 10.8. The van der Waals surface area contributed by atoms with E-state index in [4.69, 9.17) is 4.74 Å². The fourth-order valence-electron chi connectivity index (χ4n) is 2.70. The third-order valence-electron chi connectivity index (χ3n) is 3.51. The van der Waals surface area contributed by atoms with E-state index in [1.54, 1.807) is 4.90 Å². The number of H-pyrrole nitrogens is 1. The van der Waals surface area contributed by atoms with Crippen LogP contribution in [-0.2, 0) is 4.74 Å². The van der Waals surface area contributed by atoms with Gasteiger partial charge in [0.1, 0.15) is 5.60 Å². The summed E-state index contributed by atoms with van der Waals surface area (Å²) in [6, 6.07) is 0. The predicted octanol–water partition coefficient (Wildman–Crippen LogP) is 0.780. The number of hydrogen-bond donors (Lipinski definition) is 1. The number of carbonyl (C=O) groups is 1. The van der Waals surface area contributed by atoms with Crippen molar-refractivity contribution in [3.63, 3.8) is 0 Å². The van der Waals surface area contributed by atoms with E-state index in [2.05, 4.69) is 20.6 Å². The number of likely N-dealkylation sites (tertiary alicyclic amines) is 1. The third-order valence-corrected chi connectivity index (χ3v) is 3.51. The second-order valence-electron chi connectivity index (χ2n) is 6.01. The standard InChI is InChI=1S/C11H17N5O2/c1-11(2,3)18-10(17)16-4-6-7(5-16)8(6)9-12-14-15-13-9/h6-8H,4-5H2,1-3H3,(H,12,13,14,15)/t6-,7+,8+. The van der Waals surface area contributed by atoms with E-state index in [-0.39, 0.29) is 6.09 Å². The quantitative estimate of drug-likeness (QED) is 0.797. The molecular weight excluding hydrogens is 234 g/mol. The fourth-order valence-corrected chi connectivity index (χ4v) is 2.70. The zero-order chi connectivity index (χ0) is 12.9. The van der Waals surface area contributed by atoms with Gasteiger partial charge in [-0.2, -0.15) is 5.21 Å². The molecular formula is C11H17N5O2. The lowest BCUT2D eigenvalue weighted by Gasteiger charge is -2.25. The fraction of sp³-hybridized carbons (Fsp3) is 0.818. The van der Waals surface area contributed by atoms with Crippen molar-refractivity contribution < 1.29 is 9.53 Å². The molecule has 0 aromatic carbocycles. The number of aromatic nitrogens is 4. The molecule has 1 aliphatic heterocycles. The maximum absolute atomic E-state index is 11.9. The molecule has 1 saturated carbocycles. The van der Waals surface area contributed by atoms with Crippen molar-refractivity contribution in [3.8, 4) is 0 Å². The highest BCUT2D eigenvalue weighted by molar-refractivity contribution is 5.69. The summed E-state index contributed by atoms with van der Waals surface area (Å²) in [5.41, 5.74) is -0.434. The van der Waals surface area contributed by atoms with Crippen LogP contribution in [-0.4, -0.2) is 50.3 Å². The Kier molecular flexibility index (Phi) is 2.33. The Bertz CT molecular complexity index is 440. The van der Waals surface area contributed by atoms with E-state index < -0.39 is 5.60 Å². The molecule has 1 amide bonds. The molecule has 1 saturated heterocycles. The van der Waals surface area contributed by atoms with Crippen LogP contribution in [0.3, 0.4) is 0 Å². The monoisotopic (exact) mass is 251 g/mol. The Hall–Kier alpha value is -1.66. The van der Waals surface area contributed by atoms with E-state index in [9.17, 15) is 4.79 Å². The van der Waals surface area contributed by atoms with Gasteiger partial charge in [-0.25, -0.2) is 4.79 Å². The van der Waals surface area contributed by atoms with Crippen LogP contribution in [0, 0.1) is 11.8 Å². The van der Waals surface area contributed by atoms with Crippen molar-refractivity contribution in [2.75, 3.05) is 13.1 Å². The summed E-state index contributed by atoms with van der Waals surface area (Å²) in [5.74, 6) is 2.07. The Morgan fingerprint density at radius 3 is 2.56 bits per heavy atom. The second-order valence-corrected chi connectivity index (χ2v) is 6.01. The number of carbonyl (C=O) groups excluding carboxylic acids is 1. The molecule has 0 bridgehead atoms. The third kappa shape index (κ3) is 1.93. The molecule has 2 fully saturated rings. The highest BCUT2D eigenvalue weighted by Gasteiger charge is 2.59. The van der Waals surface area contributed by atoms with Crippen LogP contribution < -0.4 is 0 Å². The molecule has 1 aliphatic carbocycles. The number of fused-ring (bicyclic) bond motifs is 1. The summed E-state index contributed by atoms with van der Waals surface area (Å²) in [6.07, 6.45) is -0.221. The van der Waals surface area contributed by atoms with Gasteiger partial charge in [0.15, 0.2) is 5.82 Å². The predicted molar refractivity (Wildman–Crippen MR) is 61.7 cm³/mol. The molecule has 98 valence electrons. The number of amides is 1. The molecule has 1 aromatic rings. The van der Waals surface area contributed by atoms with Crippen molar-refractivity contribution in [1.29, 1.82) is 0 Å². The van der Waals surface area contributed by atoms with E-state index >= 15 is 0 Å². The van der Waals surface area contributed by atoms with Gasteiger partial charge in [0.2, 0.25) is 0 Å². The number of nitrogens with zero attached hydrogens (tertiary/aromatic N) is 4. The lowest BCUT2D eigenvalue weighted by atomic mass is 10.2. The minimum absolute atomic E-state index is 0.221. The minimum Gasteiger partial charge on any atom is -0.444 e. The van der Waals surface area contributed by atoms with E-state index in [1.165, 1.54) is 0 Å². The summed E-state index contributed by atoms with van der Waals surface area (Å²) in [7, 11) is 0. The van der Waals surface area contributed by atoms with Crippen molar-refractivity contribution >= 4 is 6.09 Å². The largest absolute Gasteiger partial charge is 0.444 e. The molecule has 0 spiro atoms. The number of rotatable bonds is 1. The number of tetrazole rings is 1. The molecule has 3 rings (SSSR count). The topological polar surface area (TPSA) is 84.0 Å². The molecule has 7 nitrogen and oxygen atoms in total. The molecule has 3 atom stereocenters. The second kappa shape index (κ2) is 3.66. The van der Waals surface area contributed by atoms with E-state index in [1.807, 2.05) is 20.8 Å². The van der Waals surface area contributed by atoms with Crippen LogP contribution in [0.2, 0.25) is 0 Å². The van der Waals surface area contributed by atoms with Crippen LogP contribution in [0.4, 0.5) is 4.79 Å². The van der Waals surface area contributed by atoms with Gasteiger partial charge in [-0.15, -0.1) is 10.2 Å². The van der Waals surface area contributed by atoms with Crippen molar-refractivity contribution in [2.24, 2.45) is 11.8 Å². The Morgan fingerprint density at radius 1 is 1.39 bits per heavy atom. The highest BCUT2D eigenvalue weighted by Crippen LogP contribution is 2.57. The molecule has 2 aliphatic rings. The highest BCUT2D eigenvalue weighted by atomic mass is 16.6. The molecule has 2 heterocycles. The van der Waals surface area contributed by atoms with E-state index in [0.29, 0.717) is 17.8 Å². The van der Waals surface area contributed by atoms with Gasteiger partial charge in [0.25, 0.3) is 0 Å². The lowest BCUT2D eigenvalue weighted by Crippen LogP contribution is -2.36. The molecule has 0 unspecified atom stereocenters. The normalized spacial score (nSPS) is 30.2. The van der Waals surface area contributed by atoms with Crippen molar-refractivity contribution in [3.05, 3.63) is 5.82 Å². The summed E-state index contributed by atoms with van der Waals surface area (Å²) in [6.45, 7) is 7.11. The molecule has 18 heavy (non-hydrogen) atoms.